The van der Waals surface area contributed by atoms with Crippen LogP contribution in [0.2, 0.25) is 4.34 Å². The fraction of sp³-hybridized carbons (Fsp3) is 0.615. The van der Waals surface area contributed by atoms with Gasteiger partial charge in [0.15, 0.2) is 0 Å². The number of amides is 1. The molecule has 3 rings (SSSR count). The van der Waals surface area contributed by atoms with E-state index in [9.17, 15) is 4.79 Å². The molecule has 5 heteroatoms. The molecule has 0 saturated carbocycles. The molecule has 3 heterocycles. The molecule has 2 aliphatic heterocycles. The number of rotatable bonds is 2. The van der Waals surface area contributed by atoms with Gasteiger partial charge in [-0.2, -0.15) is 0 Å². The Balaban J connectivity index is 1.75. The smallest absolute Gasteiger partial charge is 0.264 e. The van der Waals surface area contributed by atoms with Crippen molar-refractivity contribution in [3.8, 4) is 0 Å². The lowest BCUT2D eigenvalue weighted by atomic mass is 10.0. The Kier molecular flexibility index (Phi) is 3.59. The van der Waals surface area contributed by atoms with E-state index in [2.05, 4.69) is 5.32 Å². The lowest BCUT2D eigenvalue weighted by Crippen LogP contribution is -2.46. The molecule has 2 atom stereocenters. The van der Waals surface area contributed by atoms with Crippen LogP contribution >= 0.6 is 22.9 Å². The maximum atomic E-state index is 12.5. The number of nitrogens with zero attached hydrogens (tertiary/aromatic N) is 1. The summed E-state index contributed by atoms with van der Waals surface area (Å²) in [4.78, 5) is 15.3. The maximum Gasteiger partial charge on any atom is 0.264 e. The number of hydrogen-bond acceptors (Lipinski definition) is 3. The predicted octanol–water partition coefficient (Wildman–Crippen LogP) is 2.76. The zero-order valence-electron chi connectivity index (χ0n) is 10.2. The monoisotopic (exact) mass is 284 g/mol. The summed E-state index contributed by atoms with van der Waals surface area (Å²) < 4.78 is 0.688. The van der Waals surface area contributed by atoms with Crippen LogP contribution in [0.5, 0.6) is 0 Å². The van der Waals surface area contributed by atoms with E-state index in [0.717, 1.165) is 30.8 Å². The highest BCUT2D eigenvalue weighted by Gasteiger charge is 2.36. The average molecular weight is 285 g/mol. The maximum absolute atomic E-state index is 12.5. The third kappa shape index (κ3) is 2.29. The van der Waals surface area contributed by atoms with Gasteiger partial charge < -0.3 is 10.2 Å². The van der Waals surface area contributed by atoms with Gasteiger partial charge in [-0.3, -0.25) is 4.79 Å². The van der Waals surface area contributed by atoms with E-state index in [1.165, 1.54) is 24.2 Å². The van der Waals surface area contributed by atoms with Crippen LogP contribution in [0, 0.1) is 0 Å². The predicted molar refractivity (Wildman–Crippen MR) is 74.4 cm³/mol. The van der Waals surface area contributed by atoms with Gasteiger partial charge in [0.2, 0.25) is 0 Å². The van der Waals surface area contributed by atoms with Gasteiger partial charge in [0.25, 0.3) is 5.91 Å². The van der Waals surface area contributed by atoms with Crippen molar-refractivity contribution in [1.82, 2.24) is 10.2 Å². The Morgan fingerprint density at radius 2 is 2.28 bits per heavy atom. The molecule has 0 aromatic carbocycles. The highest BCUT2D eigenvalue weighted by atomic mass is 35.5. The fourth-order valence-electron chi connectivity index (χ4n) is 3.07. The van der Waals surface area contributed by atoms with Gasteiger partial charge in [-0.05, 0) is 44.4 Å². The van der Waals surface area contributed by atoms with Gasteiger partial charge in [-0.1, -0.05) is 11.6 Å². The molecule has 0 bridgehead atoms. The molecule has 2 saturated heterocycles. The molecule has 1 N–H and O–H groups in total. The molecule has 2 fully saturated rings. The zero-order chi connectivity index (χ0) is 12.5. The highest BCUT2D eigenvalue weighted by Crippen LogP contribution is 2.29. The zero-order valence-corrected chi connectivity index (χ0v) is 11.8. The van der Waals surface area contributed by atoms with Crippen LogP contribution in [0.15, 0.2) is 12.1 Å². The molecule has 98 valence electrons. The molecular weight excluding hydrogens is 268 g/mol. The van der Waals surface area contributed by atoms with Crippen molar-refractivity contribution in [2.75, 3.05) is 13.1 Å². The highest BCUT2D eigenvalue weighted by molar-refractivity contribution is 7.17. The molecule has 1 amide bonds. The molecule has 0 aliphatic carbocycles. The molecule has 0 spiro atoms. The van der Waals surface area contributed by atoms with Crippen molar-refractivity contribution in [3.63, 3.8) is 0 Å². The van der Waals surface area contributed by atoms with Crippen molar-refractivity contribution >= 4 is 28.8 Å². The van der Waals surface area contributed by atoms with Crippen LogP contribution in [-0.4, -0.2) is 36.0 Å². The lowest BCUT2D eigenvalue weighted by molar-refractivity contribution is 0.0716. The third-order valence-corrected chi connectivity index (χ3v) is 5.13. The summed E-state index contributed by atoms with van der Waals surface area (Å²) in [5, 5.41) is 3.52. The van der Waals surface area contributed by atoms with Crippen LogP contribution in [0.3, 0.4) is 0 Å². The average Bonchev–Trinajstić information content (AvgIpc) is 3.08. The van der Waals surface area contributed by atoms with Gasteiger partial charge in [-0.25, -0.2) is 0 Å². The van der Waals surface area contributed by atoms with Gasteiger partial charge >= 0.3 is 0 Å². The largest absolute Gasteiger partial charge is 0.333 e. The molecule has 2 unspecified atom stereocenters. The van der Waals surface area contributed by atoms with E-state index in [1.54, 1.807) is 6.07 Å². The Labute approximate surface area is 116 Å². The molecule has 0 radical (unpaired) electrons. The standard InChI is InChI=1S/C13H17ClN2OS/c14-12-6-5-11(18-12)13(17)16-8-2-4-10(16)9-3-1-7-15-9/h5-6,9-10,15H,1-4,7-8H2. The molecule has 1 aromatic heterocycles. The molecule has 18 heavy (non-hydrogen) atoms. The summed E-state index contributed by atoms with van der Waals surface area (Å²) in [6.07, 6.45) is 4.67. The van der Waals surface area contributed by atoms with Crippen molar-refractivity contribution in [1.29, 1.82) is 0 Å². The topological polar surface area (TPSA) is 32.3 Å². The van der Waals surface area contributed by atoms with E-state index in [0.29, 0.717) is 16.4 Å². The number of likely N-dealkylation sites (tertiary alicyclic amines) is 1. The van der Waals surface area contributed by atoms with E-state index < -0.39 is 0 Å². The van der Waals surface area contributed by atoms with Gasteiger partial charge in [-0.15, -0.1) is 11.3 Å². The summed E-state index contributed by atoms with van der Waals surface area (Å²) in [7, 11) is 0. The first-order valence-corrected chi connectivity index (χ1v) is 7.75. The first-order valence-electron chi connectivity index (χ1n) is 6.55. The fourth-order valence-corrected chi connectivity index (χ4v) is 4.07. The van der Waals surface area contributed by atoms with Gasteiger partial charge in [0.1, 0.15) is 0 Å². The van der Waals surface area contributed by atoms with Crippen molar-refractivity contribution in [2.45, 2.75) is 37.8 Å². The minimum absolute atomic E-state index is 0.156. The number of hydrogen-bond donors (Lipinski definition) is 1. The minimum Gasteiger partial charge on any atom is -0.333 e. The third-order valence-electron chi connectivity index (χ3n) is 3.91. The Hall–Kier alpha value is -0.580. The number of carbonyl (C=O) groups is 1. The first kappa shape index (κ1) is 12.5. The lowest BCUT2D eigenvalue weighted by Gasteiger charge is -2.29. The number of carbonyl (C=O) groups excluding carboxylic acids is 1. The summed E-state index contributed by atoms with van der Waals surface area (Å²) >= 11 is 7.29. The Morgan fingerprint density at radius 3 is 2.94 bits per heavy atom. The molecular formula is C13H17ClN2OS. The SMILES string of the molecule is O=C(c1ccc(Cl)s1)N1CCCC1C1CCCN1. The number of halogens is 1. The molecule has 2 aliphatic rings. The summed E-state index contributed by atoms with van der Waals surface area (Å²) in [5.41, 5.74) is 0. The first-order chi connectivity index (χ1) is 8.75. The van der Waals surface area contributed by atoms with Crippen molar-refractivity contribution < 1.29 is 4.79 Å². The summed E-state index contributed by atoms with van der Waals surface area (Å²) in [6.45, 7) is 1.98. The summed E-state index contributed by atoms with van der Waals surface area (Å²) in [5.74, 6) is 0.156. The minimum atomic E-state index is 0.156. The second-order valence-electron chi connectivity index (χ2n) is 5.01. The van der Waals surface area contributed by atoms with Gasteiger partial charge in [0.05, 0.1) is 9.21 Å². The quantitative estimate of drug-likeness (QED) is 0.906. The van der Waals surface area contributed by atoms with Crippen molar-refractivity contribution in [3.05, 3.63) is 21.3 Å². The summed E-state index contributed by atoms with van der Waals surface area (Å²) in [6, 6.07) is 4.51. The Morgan fingerprint density at radius 1 is 1.39 bits per heavy atom. The van der Waals surface area contributed by atoms with Gasteiger partial charge in [0, 0.05) is 18.6 Å². The molecule has 3 nitrogen and oxygen atoms in total. The number of nitrogens with one attached hydrogen (secondary N) is 1. The Bertz CT molecular complexity index is 442. The second kappa shape index (κ2) is 5.19. The van der Waals surface area contributed by atoms with Crippen LogP contribution < -0.4 is 5.32 Å². The second-order valence-corrected chi connectivity index (χ2v) is 6.73. The van der Waals surface area contributed by atoms with Crippen LogP contribution in [0.25, 0.3) is 0 Å². The van der Waals surface area contributed by atoms with Crippen LogP contribution in [0.1, 0.15) is 35.4 Å². The van der Waals surface area contributed by atoms with E-state index in [4.69, 9.17) is 11.6 Å². The van der Waals surface area contributed by atoms with E-state index >= 15 is 0 Å². The van der Waals surface area contributed by atoms with E-state index in [-0.39, 0.29) is 5.91 Å². The van der Waals surface area contributed by atoms with E-state index in [1.807, 2.05) is 11.0 Å². The van der Waals surface area contributed by atoms with Crippen molar-refractivity contribution in [2.24, 2.45) is 0 Å². The normalized spacial score (nSPS) is 27.9. The molecule has 1 aromatic rings. The number of thiophene rings is 1. The van der Waals surface area contributed by atoms with Crippen LogP contribution in [0.4, 0.5) is 0 Å². The van der Waals surface area contributed by atoms with Crippen LogP contribution in [-0.2, 0) is 0 Å².